The van der Waals surface area contributed by atoms with Gasteiger partial charge < -0.3 is 9.64 Å². The smallest absolute Gasteiger partial charge is 0.243 e. The topological polar surface area (TPSA) is 53.1 Å². The number of sulfonamides is 1. The number of rotatable bonds is 5. The number of ether oxygens (including phenoxy) is 1. The fraction of sp³-hybridized carbons (Fsp3) is 0.478. The second kappa shape index (κ2) is 8.96. The molecule has 6 nitrogen and oxygen atoms in total. The highest BCUT2D eigenvalue weighted by Gasteiger charge is 2.34. The third-order valence-corrected chi connectivity index (χ3v) is 8.15. The van der Waals surface area contributed by atoms with E-state index in [9.17, 15) is 8.42 Å². The van der Waals surface area contributed by atoms with E-state index >= 15 is 0 Å². The number of nitrogens with zero attached hydrogens (tertiary/aromatic N) is 3. The lowest BCUT2D eigenvalue weighted by atomic mass is 10.0. The van der Waals surface area contributed by atoms with Crippen molar-refractivity contribution in [3.63, 3.8) is 0 Å². The van der Waals surface area contributed by atoms with Crippen LogP contribution in [0, 0.1) is 6.92 Å². The van der Waals surface area contributed by atoms with Gasteiger partial charge in [-0.05, 0) is 44.0 Å². The van der Waals surface area contributed by atoms with Crippen LogP contribution in [-0.4, -0.2) is 70.0 Å². The van der Waals surface area contributed by atoms with Crippen LogP contribution in [0.3, 0.4) is 0 Å². The molecule has 2 saturated heterocycles. The van der Waals surface area contributed by atoms with Crippen molar-refractivity contribution in [2.75, 3.05) is 51.3 Å². The number of benzene rings is 2. The van der Waals surface area contributed by atoms with Gasteiger partial charge in [-0.3, -0.25) is 4.90 Å². The van der Waals surface area contributed by atoms with Gasteiger partial charge in [0.05, 0.1) is 17.7 Å². The summed E-state index contributed by atoms with van der Waals surface area (Å²) in [6.45, 7) is 6.85. The van der Waals surface area contributed by atoms with E-state index in [4.69, 9.17) is 4.74 Å². The maximum atomic E-state index is 13.1. The van der Waals surface area contributed by atoms with E-state index in [-0.39, 0.29) is 6.04 Å². The highest BCUT2D eigenvalue weighted by atomic mass is 32.2. The zero-order valence-electron chi connectivity index (χ0n) is 17.8. The van der Waals surface area contributed by atoms with E-state index in [1.807, 2.05) is 37.3 Å². The highest BCUT2D eigenvalue weighted by molar-refractivity contribution is 7.89. The van der Waals surface area contributed by atoms with E-state index in [0.29, 0.717) is 18.0 Å². The molecule has 0 aromatic heterocycles. The average Bonchev–Trinajstić information content (AvgIpc) is 2.79. The Morgan fingerprint density at radius 3 is 2.33 bits per heavy atom. The minimum Gasteiger partial charge on any atom is -0.495 e. The summed E-state index contributed by atoms with van der Waals surface area (Å²) in [7, 11) is -1.72. The first-order chi connectivity index (χ1) is 14.5. The summed E-state index contributed by atoms with van der Waals surface area (Å²) in [5.74, 6) is 0.902. The molecular weight excluding hydrogens is 398 g/mol. The molecule has 0 amide bonds. The average molecular weight is 430 g/mol. The van der Waals surface area contributed by atoms with Crippen molar-refractivity contribution in [2.45, 2.75) is 30.7 Å². The number of para-hydroxylation sites is 2. The Labute approximate surface area is 180 Å². The summed E-state index contributed by atoms with van der Waals surface area (Å²) in [6.07, 6.45) is 1.96. The Bertz CT molecular complexity index is 954. The fourth-order valence-corrected chi connectivity index (χ4v) is 6.03. The number of methoxy groups -OCH3 is 1. The van der Waals surface area contributed by atoms with Crippen LogP contribution < -0.4 is 9.64 Å². The SMILES string of the molecule is COc1ccccc1N1CCN([C@@H]2CCCN(S(=O)(=O)c3ccc(C)cc3)C2)CC1. The van der Waals surface area contributed by atoms with Crippen molar-refractivity contribution in [2.24, 2.45) is 0 Å². The lowest BCUT2D eigenvalue weighted by molar-refractivity contribution is 0.128. The molecular formula is C23H31N3O3S. The Morgan fingerprint density at radius 1 is 0.933 bits per heavy atom. The maximum absolute atomic E-state index is 13.1. The number of aryl methyl sites for hydroxylation is 1. The second-order valence-electron chi connectivity index (χ2n) is 8.17. The molecule has 2 aliphatic rings. The van der Waals surface area contributed by atoms with Gasteiger partial charge in [0.25, 0.3) is 0 Å². The first-order valence-electron chi connectivity index (χ1n) is 10.7. The summed E-state index contributed by atoms with van der Waals surface area (Å²) in [5.41, 5.74) is 2.20. The maximum Gasteiger partial charge on any atom is 0.243 e. The largest absolute Gasteiger partial charge is 0.495 e. The monoisotopic (exact) mass is 429 g/mol. The van der Waals surface area contributed by atoms with E-state index in [2.05, 4.69) is 15.9 Å². The molecule has 2 heterocycles. The number of anilines is 1. The van der Waals surface area contributed by atoms with Gasteiger partial charge in [-0.1, -0.05) is 29.8 Å². The summed E-state index contributed by atoms with van der Waals surface area (Å²) in [4.78, 5) is 5.22. The molecule has 0 unspecified atom stereocenters. The van der Waals surface area contributed by atoms with Gasteiger partial charge in [0.2, 0.25) is 10.0 Å². The Kier molecular flexibility index (Phi) is 6.32. The van der Waals surface area contributed by atoms with Gasteiger partial charge in [0, 0.05) is 45.3 Å². The standard InChI is InChI=1S/C23H31N3O3S/c1-19-9-11-21(12-10-19)30(27,28)26-13-5-6-20(18-26)24-14-16-25(17-15-24)22-7-3-4-8-23(22)29-2/h3-4,7-12,20H,5-6,13-18H2,1-2H3/t20-/m1/s1. The van der Waals surface area contributed by atoms with Crippen LogP contribution in [0.5, 0.6) is 5.75 Å². The fourth-order valence-electron chi connectivity index (χ4n) is 4.52. The van der Waals surface area contributed by atoms with Crippen LogP contribution in [0.1, 0.15) is 18.4 Å². The van der Waals surface area contributed by atoms with Crippen LogP contribution in [0.2, 0.25) is 0 Å². The molecule has 4 rings (SSSR count). The summed E-state index contributed by atoms with van der Waals surface area (Å²) in [5, 5.41) is 0. The van der Waals surface area contributed by atoms with Crippen LogP contribution in [0.15, 0.2) is 53.4 Å². The summed E-state index contributed by atoms with van der Waals surface area (Å²) in [6, 6.07) is 15.6. The van der Waals surface area contributed by atoms with Gasteiger partial charge >= 0.3 is 0 Å². The molecule has 2 fully saturated rings. The van der Waals surface area contributed by atoms with Crippen molar-refractivity contribution in [1.82, 2.24) is 9.21 Å². The van der Waals surface area contributed by atoms with Gasteiger partial charge in [-0.15, -0.1) is 0 Å². The van der Waals surface area contributed by atoms with E-state index in [1.54, 1.807) is 23.5 Å². The number of hydrogen-bond donors (Lipinski definition) is 0. The molecule has 0 spiro atoms. The third kappa shape index (κ3) is 4.33. The Morgan fingerprint density at radius 2 is 1.63 bits per heavy atom. The first-order valence-corrected chi connectivity index (χ1v) is 12.1. The Hall–Kier alpha value is -2.09. The predicted molar refractivity (Wildman–Crippen MR) is 120 cm³/mol. The lowest BCUT2D eigenvalue weighted by Crippen LogP contribution is -2.55. The molecule has 2 aromatic carbocycles. The minimum absolute atomic E-state index is 0.277. The summed E-state index contributed by atoms with van der Waals surface area (Å²) < 4.78 is 33.4. The molecule has 0 N–H and O–H groups in total. The van der Waals surface area contributed by atoms with Gasteiger partial charge in [-0.2, -0.15) is 4.31 Å². The van der Waals surface area contributed by atoms with Crippen molar-refractivity contribution in [3.8, 4) is 5.75 Å². The second-order valence-corrected chi connectivity index (χ2v) is 10.1. The molecule has 2 aromatic rings. The highest BCUT2D eigenvalue weighted by Crippen LogP contribution is 2.30. The molecule has 0 aliphatic carbocycles. The van der Waals surface area contributed by atoms with Gasteiger partial charge in [0.15, 0.2) is 0 Å². The van der Waals surface area contributed by atoms with Crippen LogP contribution in [-0.2, 0) is 10.0 Å². The third-order valence-electron chi connectivity index (χ3n) is 6.27. The number of piperazine rings is 1. The molecule has 162 valence electrons. The van der Waals surface area contributed by atoms with Gasteiger partial charge in [0.1, 0.15) is 5.75 Å². The van der Waals surface area contributed by atoms with Crippen molar-refractivity contribution in [3.05, 3.63) is 54.1 Å². The van der Waals surface area contributed by atoms with Crippen molar-refractivity contribution >= 4 is 15.7 Å². The molecule has 1 atom stereocenters. The van der Waals surface area contributed by atoms with Gasteiger partial charge in [-0.25, -0.2) is 8.42 Å². The molecule has 0 radical (unpaired) electrons. The molecule has 2 aliphatic heterocycles. The zero-order chi connectivity index (χ0) is 21.1. The minimum atomic E-state index is -3.43. The van der Waals surface area contributed by atoms with Crippen molar-refractivity contribution < 1.29 is 13.2 Å². The predicted octanol–water partition coefficient (Wildman–Crippen LogP) is 2.98. The van der Waals surface area contributed by atoms with Crippen LogP contribution in [0.25, 0.3) is 0 Å². The zero-order valence-corrected chi connectivity index (χ0v) is 18.6. The normalized spacial score (nSPS) is 21.5. The van der Waals surface area contributed by atoms with E-state index < -0.39 is 10.0 Å². The van der Waals surface area contributed by atoms with Crippen LogP contribution in [0.4, 0.5) is 5.69 Å². The quantitative estimate of drug-likeness (QED) is 0.731. The first kappa shape index (κ1) is 21.2. The molecule has 30 heavy (non-hydrogen) atoms. The lowest BCUT2D eigenvalue weighted by Gasteiger charge is -2.43. The molecule has 0 saturated carbocycles. The number of hydrogen-bond acceptors (Lipinski definition) is 5. The molecule has 0 bridgehead atoms. The van der Waals surface area contributed by atoms with Crippen LogP contribution >= 0.6 is 0 Å². The van der Waals surface area contributed by atoms with E-state index in [0.717, 1.165) is 56.0 Å². The number of piperidine rings is 1. The molecule has 7 heteroatoms. The van der Waals surface area contributed by atoms with E-state index in [1.165, 1.54) is 0 Å². The summed E-state index contributed by atoms with van der Waals surface area (Å²) >= 11 is 0. The van der Waals surface area contributed by atoms with Crippen molar-refractivity contribution in [1.29, 1.82) is 0 Å². The Balaban J connectivity index is 1.40.